The number of allylic oxidation sites excluding steroid dienone is 4. The zero-order chi connectivity index (χ0) is 18.0. The molecular formula is C18H24ClN3O2. The molecule has 0 fully saturated rings. The quantitative estimate of drug-likeness (QED) is 0.768. The highest BCUT2D eigenvalue weighted by Crippen LogP contribution is 2.33. The van der Waals surface area contributed by atoms with E-state index in [2.05, 4.69) is 10.2 Å². The van der Waals surface area contributed by atoms with E-state index in [1.165, 1.54) is 4.80 Å². The van der Waals surface area contributed by atoms with Crippen molar-refractivity contribution in [2.45, 2.75) is 53.4 Å². The molecule has 0 saturated heterocycles. The van der Waals surface area contributed by atoms with Gasteiger partial charge in [-0.25, -0.2) is 0 Å². The van der Waals surface area contributed by atoms with Crippen LogP contribution in [0.1, 0.15) is 53.4 Å². The van der Waals surface area contributed by atoms with Crippen LogP contribution < -0.4 is 0 Å². The Kier molecular flexibility index (Phi) is 5.43. The van der Waals surface area contributed by atoms with Gasteiger partial charge in [-0.05, 0) is 31.8 Å². The minimum Gasteiger partial charge on any atom is -0.294 e. The average Bonchev–Trinajstić information content (AvgIpc) is 3.02. The number of aromatic nitrogens is 3. The van der Waals surface area contributed by atoms with Gasteiger partial charge in [-0.15, -0.1) is 0 Å². The van der Waals surface area contributed by atoms with Crippen molar-refractivity contribution < 1.29 is 9.59 Å². The van der Waals surface area contributed by atoms with Gasteiger partial charge in [0.1, 0.15) is 0 Å². The van der Waals surface area contributed by atoms with Gasteiger partial charge in [-0.1, -0.05) is 39.3 Å². The van der Waals surface area contributed by atoms with Gasteiger partial charge in [0.25, 0.3) is 0 Å². The van der Waals surface area contributed by atoms with E-state index in [0.29, 0.717) is 5.03 Å². The molecule has 0 aromatic carbocycles. The number of rotatable bonds is 1. The Bertz CT molecular complexity index is 685. The van der Waals surface area contributed by atoms with Crippen LogP contribution in [-0.4, -0.2) is 26.6 Å². The highest BCUT2D eigenvalue weighted by Gasteiger charge is 2.31. The fraction of sp³-hybridized carbons (Fsp3) is 0.556. The third kappa shape index (κ3) is 4.41. The van der Waals surface area contributed by atoms with Gasteiger partial charge in [-0.2, -0.15) is 15.0 Å². The SMILES string of the molecule is CC1(C)CCC(Cl)=CC1=O.CC1(C)CCC(n2nccn2)=CC1=O. The van der Waals surface area contributed by atoms with Crippen LogP contribution in [0.15, 0.2) is 29.6 Å². The molecule has 0 bridgehead atoms. The summed E-state index contributed by atoms with van der Waals surface area (Å²) in [5.41, 5.74) is 0.481. The van der Waals surface area contributed by atoms with Gasteiger partial charge in [-0.3, -0.25) is 9.59 Å². The number of halogens is 1. The Morgan fingerprint density at radius 3 is 1.88 bits per heavy atom. The Labute approximate surface area is 147 Å². The van der Waals surface area contributed by atoms with E-state index in [1.54, 1.807) is 24.5 Å². The molecule has 3 rings (SSSR count). The monoisotopic (exact) mass is 349 g/mol. The molecule has 0 saturated carbocycles. The largest absolute Gasteiger partial charge is 0.294 e. The highest BCUT2D eigenvalue weighted by atomic mass is 35.5. The molecule has 24 heavy (non-hydrogen) atoms. The molecule has 1 heterocycles. The van der Waals surface area contributed by atoms with Crippen molar-refractivity contribution in [2.24, 2.45) is 10.8 Å². The lowest BCUT2D eigenvalue weighted by Gasteiger charge is -2.26. The molecule has 1 aromatic heterocycles. The van der Waals surface area contributed by atoms with Gasteiger partial charge in [0.05, 0.1) is 18.1 Å². The summed E-state index contributed by atoms with van der Waals surface area (Å²) in [5, 5.41) is 8.71. The van der Waals surface area contributed by atoms with Gasteiger partial charge in [0.2, 0.25) is 0 Å². The zero-order valence-corrected chi connectivity index (χ0v) is 15.4. The first kappa shape index (κ1) is 18.6. The van der Waals surface area contributed by atoms with E-state index in [1.807, 2.05) is 27.7 Å². The molecule has 0 radical (unpaired) electrons. The third-order valence-electron chi connectivity index (χ3n) is 4.59. The van der Waals surface area contributed by atoms with Crippen LogP contribution in [0.3, 0.4) is 0 Å². The predicted molar refractivity (Wildman–Crippen MR) is 94.3 cm³/mol. The fourth-order valence-electron chi connectivity index (χ4n) is 2.47. The summed E-state index contributed by atoms with van der Waals surface area (Å²) in [4.78, 5) is 24.4. The summed E-state index contributed by atoms with van der Waals surface area (Å²) < 4.78 is 0. The second kappa shape index (κ2) is 7.01. The lowest BCUT2D eigenvalue weighted by atomic mass is 9.79. The Balaban J connectivity index is 0.000000185. The molecule has 2 aliphatic rings. The molecule has 6 heteroatoms. The number of nitrogens with zero attached hydrogens (tertiary/aromatic N) is 3. The van der Waals surface area contributed by atoms with Crippen molar-refractivity contribution >= 4 is 28.9 Å². The lowest BCUT2D eigenvalue weighted by Crippen LogP contribution is -2.27. The van der Waals surface area contributed by atoms with Crippen molar-refractivity contribution in [1.82, 2.24) is 15.0 Å². The van der Waals surface area contributed by atoms with E-state index < -0.39 is 0 Å². The van der Waals surface area contributed by atoms with Crippen LogP contribution in [0.5, 0.6) is 0 Å². The van der Waals surface area contributed by atoms with E-state index in [-0.39, 0.29) is 22.4 Å². The predicted octanol–water partition coefficient (Wildman–Crippen LogP) is 4.01. The van der Waals surface area contributed by atoms with Crippen LogP contribution in [-0.2, 0) is 9.59 Å². The number of hydrogen-bond donors (Lipinski definition) is 0. The fourth-order valence-corrected chi connectivity index (χ4v) is 2.66. The van der Waals surface area contributed by atoms with Gasteiger partial charge in [0, 0.05) is 21.9 Å². The van der Waals surface area contributed by atoms with Crippen molar-refractivity contribution in [3.05, 3.63) is 29.6 Å². The topological polar surface area (TPSA) is 64.8 Å². The number of ketones is 2. The van der Waals surface area contributed by atoms with Crippen molar-refractivity contribution in [2.75, 3.05) is 0 Å². The second-order valence-corrected chi connectivity index (χ2v) is 8.03. The molecule has 0 amide bonds. The molecule has 0 N–H and O–H groups in total. The minimum atomic E-state index is -0.226. The molecule has 5 nitrogen and oxygen atoms in total. The summed E-state index contributed by atoms with van der Waals surface area (Å²) >= 11 is 5.68. The molecule has 0 unspecified atom stereocenters. The van der Waals surface area contributed by atoms with Crippen LogP contribution in [0, 0.1) is 10.8 Å². The van der Waals surface area contributed by atoms with Crippen molar-refractivity contribution in [3.8, 4) is 0 Å². The number of carbonyl (C=O) groups is 2. The van der Waals surface area contributed by atoms with Gasteiger partial charge >= 0.3 is 0 Å². The van der Waals surface area contributed by atoms with E-state index in [9.17, 15) is 9.59 Å². The maximum absolute atomic E-state index is 11.7. The lowest BCUT2D eigenvalue weighted by molar-refractivity contribution is -0.123. The van der Waals surface area contributed by atoms with Crippen molar-refractivity contribution in [1.29, 1.82) is 0 Å². The normalized spacial score (nSPS) is 22.2. The zero-order valence-electron chi connectivity index (χ0n) is 14.7. The first-order valence-electron chi connectivity index (χ1n) is 8.14. The first-order valence-corrected chi connectivity index (χ1v) is 8.52. The Morgan fingerprint density at radius 1 is 0.917 bits per heavy atom. The van der Waals surface area contributed by atoms with Crippen LogP contribution in [0.25, 0.3) is 5.70 Å². The van der Waals surface area contributed by atoms with Crippen LogP contribution in [0.2, 0.25) is 0 Å². The van der Waals surface area contributed by atoms with Crippen LogP contribution >= 0.6 is 11.6 Å². The summed E-state index contributed by atoms with van der Waals surface area (Å²) in [6, 6.07) is 0. The van der Waals surface area contributed by atoms with Crippen molar-refractivity contribution in [3.63, 3.8) is 0 Å². The summed E-state index contributed by atoms with van der Waals surface area (Å²) in [7, 11) is 0. The van der Waals surface area contributed by atoms with Gasteiger partial charge in [0.15, 0.2) is 11.6 Å². The third-order valence-corrected chi connectivity index (χ3v) is 4.89. The smallest absolute Gasteiger partial charge is 0.163 e. The van der Waals surface area contributed by atoms with Gasteiger partial charge < -0.3 is 0 Å². The summed E-state index contributed by atoms with van der Waals surface area (Å²) in [6.45, 7) is 7.85. The second-order valence-electron chi connectivity index (χ2n) is 7.54. The standard InChI is InChI=1S/C10H13N3O.C8H11ClO/c1-10(2)4-3-8(7-9(10)14)13-11-5-6-12-13;1-8(2)4-3-6(9)5-7(8)10/h5-7H,3-4H2,1-2H3;5H,3-4H2,1-2H3. The van der Waals surface area contributed by atoms with E-state index >= 15 is 0 Å². The Morgan fingerprint density at radius 2 is 1.42 bits per heavy atom. The molecule has 130 valence electrons. The number of carbonyl (C=O) groups excluding carboxylic acids is 2. The maximum atomic E-state index is 11.7. The molecule has 0 atom stereocenters. The molecular weight excluding hydrogens is 326 g/mol. The van der Waals surface area contributed by atoms with Crippen LogP contribution in [0.4, 0.5) is 0 Å². The minimum absolute atomic E-state index is 0.156. The molecule has 1 aromatic rings. The average molecular weight is 350 g/mol. The summed E-state index contributed by atoms with van der Waals surface area (Å²) in [5.74, 6) is 0.319. The maximum Gasteiger partial charge on any atom is 0.163 e. The highest BCUT2D eigenvalue weighted by molar-refractivity contribution is 6.31. The van der Waals surface area contributed by atoms with E-state index in [4.69, 9.17) is 11.6 Å². The first-order chi connectivity index (χ1) is 11.1. The molecule has 0 aliphatic heterocycles. The molecule has 0 spiro atoms. The molecule has 2 aliphatic carbocycles. The van der Waals surface area contributed by atoms with E-state index in [0.717, 1.165) is 31.4 Å². The Hall–Kier alpha value is -1.75. The summed E-state index contributed by atoms with van der Waals surface area (Å²) in [6.07, 6.45) is 9.87. The number of hydrogen-bond acceptors (Lipinski definition) is 4.